The van der Waals surface area contributed by atoms with Gasteiger partial charge in [0.25, 0.3) is 0 Å². The lowest BCUT2D eigenvalue weighted by atomic mass is 9.83. The van der Waals surface area contributed by atoms with E-state index in [0.717, 1.165) is 23.4 Å². The number of rotatable bonds is 3. The van der Waals surface area contributed by atoms with Crippen molar-refractivity contribution in [3.63, 3.8) is 0 Å². The minimum absolute atomic E-state index is 0.164. The minimum atomic E-state index is 0.164. The summed E-state index contributed by atoms with van der Waals surface area (Å²) in [4.78, 5) is 6.62. The molecule has 1 aliphatic carbocycles. The highest BCUT2D eigenvalue weighted by Crippen LogP contribution is 2.54. The summed E-state index contributed by atoms with van der Waals surface area (Å²) in [5.41, 5.74) is 10.1. The first-order valence-electron chi connectivity index (χ1n) is 13.3. The Bertz CT molecular complexity index is 1780. The van der Waals surface area contributed by atoms with E-state index in [1.807, 2.05) is 11.8 Å². The lowest BCUT2D eigenvalue weighted by molar-refractivity contribution is 0.633. The van der Waals surface area contributed by atoms with Crippen molar-refractivity contribution in [1.29, 1.82) is 0 Å². The first-order valence-corrected chi connectivity index (χ1v) is 14.2. The second kappa shape index (κ2) is 8.75. The average molecular weight is 507 g/mol. The van der Waals surface area contributed by atoms with E-state index in [-0.39, 0.29) is 6.04 Å². The highest BCUT2D eigenvalue weighted by molar-refractivity contribution is 8.00. The molecule has 3 atom stereocenters. The predicted octanol–water partition coefficient (Wildman–Crippen LogP) is 8.75. The highest BCUT2D eigenvalue weighted by Gasteiger charge is 2.39. The minimum Gasteiger partial charge on any atom is -0.333 e. The van der Waals surface area contributed by atoms with Crippen molar-refractivity contribution in [3.8, 4) is 0 Å². The molecule has 3 unspecified atom stereocenters. The molecule has 0 saturated carbocycles. The van der Waals surface area contributed by atoms with Crippen LogP contribution in [0.2, 0.25) is 0 Å². The van der Waals surface area contributed by atoms with E-state index in [9.17, 15) is 0 Å². The number of hydrogen-bond acceptors (Lipinski definition) is 2. The summed E-state index contributed by atoms with van der Waals surface area (Å²) in [6.07, 6.45) is 8.06. The highest BCUT2D eigenvalue weighted by atomic mass is 32.2. The topological polar surface area (TPSA) is 17.3 Å². The average Bonchev–Trinajstić information content (AvgIpc) is 3.53. The Morgan fingerprint density at radius 1 is 0.737 bits per heavy atom. The van der Waals surface area contributed by atoms with Gasteiger partial charge in [-0.2, -0.15) is 0 Å². The SMILES string of the molecule is C1=CC2Sc3ccccc3C2c2c1n(C1C=C(c3ccccc3)N=C(c3ccccc3)C1)c1ccccc21. The van der Waals surface area contributed by atoms with Crippen molar-refractivity contribution in [2.24, 2.45) is 4.99 Å². The molecule has 4 aromatic carbocycles. The summed E-state index contributed by atoms with van der Waals surface area (Å²) >= 11 is 2.01. The smallest absolute Gasteiger partial charge is 0.0686 e. The fraction of sp³-hybridized carbons (Fsp3) is 0.114. The van der Waals surface area contributed by atoms with Crippen LogP contribution < -0.4 is 0 Å². The van der Waals surface area contributed by atoms with Crippen LogP contribution in [-0.4, -0.2) is 15.5 Å². The van der Waals surface area contributed by atoms with Crippen LogP contribution in [0.4, 0.5) is 0 Å². The van der Waals surface area contributed by atoms with Crippen molar-refractivity contribution in [2.45, 2.75) is 28.5 Å². The third-order valence-electron chi connectivity index (χ3n) is 8.11. The van der Waals surface area contributed by atoms with Gasteiger partial charge in [-0.15, -0.1) is 11.8 Å². The Balaban J connectivity index is 1.34. The van der Waals surface area contributed by atoms with Gasteiger partial charge in [0, 0.05) is 39.1 Å². The number of nitrogens with zero attached hydrogens (tertiary/aromatic N) is 2. The van der Waals surface area contributed by atoms with Gasteiger partial charge in [-0.3, -0.25) is 4.99 Å². The molecule has 5 aromatic rings. The molecule has 0 amide bonds. The van der Waals surface area contributed by atoms with Gasteiger partial charge in [0.2, 0.25) is 0 Å². The van der Waals surface area contributed by atoms with Crippen LogP contribution in [0.5, 0.6) is 0 Å². The molecule has 0 N–H and O–H groups in total. The lowest BCUT2D eigenvalue weighted by Crippen LogP contribution is -2.20. The molecule has 0 bridgehead atoms. The molecule has 182 valence electrons. The van der Waals surface area contributed by atoms with Gasteiger partial charge in [0.05, 0.1) is 17.5 Å². The molecule has 0 saturated heterocycles. The molecule has 38 heavy (non-hydrogen) atoms. The van der Waals surface area contributed by atoms with Gasteiger partial charge < -0.3 is 4.57 Å². The zero-order chi connectivity index (χ0) is 25.1. The number of benzene rings is 4. The molecule has 3 heteroatoms. The van der Waals surface area contributed by atoms with Gasteiger partial charge in [-0.25, -0.2) is 0 Å². The normalized spacial score (nSPS) is 21.4. The van der Waals surface area contributed by atoms with Crippen molar-refractivity contribution in [2.75, 3.05) is 0 Å². The van der Waals surface area contributed by atoms with Gasteiger partial charge in [0.15, 0.2) is 0 Å². The van der Waals surface area contributed by atoms with E-state index >= 15 is 0 Å². The number of hydrogen-bond donors (Lipinski definition) is 0. The number of aliphatic imine (C=N–C) groups is 1. The Kier molecular flexibility index (Phi) is 5.05. The Morgan fingerprint density at radius 3 is 2.29 bits per heavy atom. The van der Waals surface area contributed by atoms with Crippen LogP contribution in [0.15, 0.2) is 131 Å². The van der Waals surface area contributed by atoms with E-state index in [1.54, 1.807) is 0 Å². The van der Waals surface area contributed by atoms with Crippen LogP contribution in [0, 0.1) is 0 Å². The zero-order valence-corrected chi connectivity index (χ0v) is 21.7. The van der Waals surface area contributed by atoms with Gasteiger partial charge in [-0.1, -0.05) is 103 Å². The van der Waals surface area contributed by atoms with Crippen LogP contribution in [0.25, 0.3) is 22.7 Å². The van der Waals surface area contributed by atoms with Crippen LogP contribution in [0.1, 0.15) is 46.3 Å². The van der Waals surface area contributed by atoms with Crippen LogP contribution >= 0.6 is 11.8 Å². The largest absolute Gasteiger partial charge is 0.333 e. The number of fused-ring (bicyclic) bond motifs is 7. The number of thioether (sulfide) groups is 1. The molecular formula is C35H26N2S. The summed E-state index contributed by atoms with van der Waals surface area (Å²) in [6, 6.07) is 39.4. The maximum absolute atomic E-state index is 5.20. The number of aromatic nitrogens is 1. The Morgan fingerprint density at radius 2 is 1.45 bits per heavy atom. The fourth-order valence-electron chi connectivity index (χ4n) is 6.47. The standard InChI is InChI=1S/C35H26N2S/c1-3-11-23(12-4-1)28-21-25(22-29(36-28)24-13-5-2-6-14-24)37-30-17-9-7-15-26(30)34-31(37)19-20-33-35(34)27-16-8-10-18-32(27)38-33/h1-21,25,33,35H,22H2. The molecule has 0 radical (unpaired) electrons. The zero-order valence-electron chi connectivity index (χ0n) is 20.9. The van der Waals surface area contributed by atoms with Crippen molar-refractivity contribution in [3.05, 3.63) is 149 Å². The molecule has 1 aromatic heterocycles. The van der Waals surface area contributed by atoms with Crippen LogP contribution in [-0.2, 0) is 0 Å². The van der Waals surface area contributed by atoms with E-state index in [4.69, 9.17) is 4.99 Å². The van der Waals surface area contributed by atoms with Gasteiger partial charge >= 0.3 is 0 Å². The van der Waals surface area contributed by atoms with E-state index in [1.165, 1.54) is 38.2 Å². The van der Waals surface area contributed by atoms with Gasteiger partial charge in [-0.05, 0) is 46.5 Å². The number of allylic oxidation sites excluding steroid dienone is 1. The number of para-hydroxylation sites is 1. The molecular weight excluding hydrogens is 480 g/mol. The monoisotopic (exact) mass is 506 g/mol. The summed E-state index contributed by atoms with van der Waals surface area (Å²) in [5.74, 6) is 0.380. The second-order valence-corrected chi connectivity index (χ2v) is 11.5. The van der Waals surface area contributed by atoms with Crippen molar-refractivity contribution in [1.82, 2.24) is 4.57 Å². The third-order valence-corrected chi connectivity index (χ3v) is 9.43. The molecule has 3 heterocycles. The Labute approximate surface area is 227 Å². The second-order valence-electron chi connectivity index (χ2n) is 10.3. The first kappa shape index (κ1) is 22.0. The molecule has 8 rings (SSSR count). The Hall–Kier alpha value is -4.08. The summed E-state index contributed by atoms with van der Waals surface area (Å²) in [6.45, 7) is 0. The summed E-state index contributed by atoms with van der Waals surface area (Å²) in [7, 11) is 0. The summed E-state index contributed by atoms with van der Waals surface area (Å²) in [5, 5.41) is 1.82. The maximum atomic E-state index is 5.20. The van der Waals surface area contributed by atoms with Crippen molar-refractivity contribution >= 4 is 40.1 Å². The third kappa shape index (κ3) is 3.39. The quantitative estimate of drug-likeness (QED) is 0.239. The predicted molar refractivity (Wildman–Crippen MR) is 160 cm³/mol. The molecule has 3 aliphatic rings. The fourth-order valence-corrected chi connectivity index (χ4v) is 7.83. The lowest BCUT2D eigenvalue weighted by Gasteiger charge is -2.27. The maximum Gasteiger partial charge on any atom is 0.0686 e. The van der Waals surface area contributed by atoms with Crippen LogP contribution in [0.3, 0.4) is 0 Å². The van der Waals surface area contributed by atoms with E-state index < -0.39 is 0 Å². The molecule has 0 spiro atoms. The molecule has 2 nitrogen and oxygen atoms in total. The van der Waals surface area contributed by atoms with Gasteiger partial charge in [0.1, 0.15) is 0 Å². The van der Waals surface area contributed by atoms with E-state index in [0.29, 0.717) is 11.2 Å². The first-order chi connectivity index (χ1) is 18.8. The van der Waals surface area contributed by atoms with E-state index in [2.05, 4.69) is 132 Å². The molecule has 2 aliphatic heterocycles. The molecule has 0 fully saturated rings. The van der Waals surface area contributed by atoms with Crippen molar-refractivity contribution < 1.29 is 0 Å². The summed E-state index contributed by atoms with van der Waals surface area (Å²) < 4.78 is 2.59.